The topological polar surface area (TPSA) is 61.4 Å². The molecule has 104 valence electrons. The normalized spacial score (nSPS) is 15.0. The maximum Gasteiger partial charge on any atom is 0.224 e. The third-order valence-corrected chi connectivity index (χ3v) is 3.57. The van der Waals surface area contributed by atoms with Crippen LogP contribution in [0, 0.1) is 0 Å². The van der Waals surface area contributed by atoms with Crippen molar-refractivity contribution in [2.24, 2.45) is 0 Å². The van der Waals surface area contributed by atoms with Crippen LogP contribution in [0.3, 0.4) is 0 Å². The molecule has 19 heavy (non-hydrogen) atoms. The summed E-state index contributed by atoms with van der Waals surface area (Å²) < 4.78 is 0. The zero-order valence-electron chi connectivity index (χ0n) is 11.6. The molecule has 0 radical (unpaired) electrons. The average molecular weight is 262 g/mol. The van der Waals surface area contributed by atoms with Crippen molar-refractivity contribution in [3.05, 3.63) is 29.3 Å². The van der Waals surface area contributed by atoms with Gasteiger partial charge in [0.25, 0.3) is 0 Å². The fourth-order valence-electron chi connectivity index (χ4n) is 2.26. The molecule has 0 fully saturated rings. The molecule has 0 aliphatic carbocycles. The van der Waals surface area contributed by atoms with Gasteiger partial charge in [0, 0.05) is 30.8 Å². The first kappa shape index (κ1) is 14.0. The molecule has 0 saturated heterocycles. The number of carbonyl (C=O) groups is 1. The van der Waals surface area contributed by atoms with Crippen molar-refractivity contribution >= 4 is 11.6 Å². The first-order valence-corrected chi connectivity index (χ1v) is 6.78. The number of amides is 1. The predicted octanol–water partition coefficient (Wildman–Crippen LogP) is 1.82. The van der Waals surface area contributed by atoms with E-state index in [1.54, 1.807) is 0 Å². The van der Waals surface area contributed by atoms with E-state index in [2.05, 4.69) is 30.5 Å². The number of hydrogen-bond donors (Lipinski definition) is 3. The van der Waals surface area contributed by atoms with Crippen LogP contribution in [-0.4, -0.2) is 23.2 Å². The van der Waals surface area contributed by atoms with E-state index in [0.29, 0.717) is 6.42 Å². The average Bonchev–Trinajstić information content (AvgIpc) is 2.36. The number of nitrogens with one attached hydrogen (secondary N) is 2. The molecule has 0 unspecified atom stereocenters. The van der Waals surface area contributed by atoms with Gasteiger partial charge in [-0.15, -0.1) is 0 Å². The Kier molecular flexibility index (Phi) is 4.22. The lowest BCUT2D eigenvalue weighted by Gasteiger charge is -2.26. The van der Waals surface area contributed by atoms with E-state index in [0.717, 1.165) is 25.1 Å². The molecule has 4 nitrogen and oxygen atoms in total. The molecule has 1 aliphatic heterocycles. The minimum Gasteiger partial charge on any atom is -0.396 e. The molecule has 4 heteroatoms. The summed E-state index contributed by atoms with van der Waals surface area (Å²) in [4.78, 5) is 11.3. The molecular formula is C15H22N2O2. The summed E-state index contributed by atoms with van der Waals surface area (Å²) in [5.74, 6) is 0.0995. The van der Waals surface area contributed by atoms with E-state index in [9.17, 15) is 4.79 Å². The third kappa shape index (κ3) is 3.78. The smallest absolute Gasteiger partial charge is 0.224 e. The van der Waals surface area contributed by atoms with Gasteiger partial charge in [0.15, 0.2) is 0 Å². The summed E-state index contributed by atoms with van der Waals surface area (Å²) in [6, 6.07) is 6.16. The monoisotopic (exact) mass is 262 g/mol. The number of benzene rings is 1. The molecule has 0 saturated carbocycles. The van der Waals surface area contributed by atoms with Gasteiger partial charge in [-0.05, 0) is 43.9 Å². The molecule has 1 aromatic carbocycles. The van der Waals surface area contributed by atoms with Crippen molar-refractivity contribution in [3.63, 3.8) is 0 Å². The Morgan fingerprint density at radius 1 is 1.37 bits per heavy atom. The van der Waals surface area contributed by atoms with E-state index in [-0.39, 0.29) is 18.1 Å². The molecule has 1 aliphatic rings. The van der Waals surface area contributed by atoms with Gasteiger partial charge in [0.1, 0.15) is 0 Å². The Morgan fingerprint density at radius 2 is 2.16 bits per heavy atom. The zero-order valence-corrected chi connectivity index (χ0v) is 11.6. The standard InChI is InChI=1S/C15H22N2O2/c1-15(2,7-8-18)16-10-11-3-5-13-12(9-11)4-6-14(19)17-13/h3,5,9,16,18H,4,6-8,10H2,1-2H3,(H,17,19). The Bertz CT molecular complexity index is 469. The van der Waals surface area contributed by atoms with E-state index < -0.39 is 0 Å². The van der Waals surface area contributed by atoms with Crippen LogP contribution in [0.2, 0.25) is 0 Å². The summed E-state index contributed by atoms with van der Waals surface area (Å²) >= 11 is 0. The van der Waals surface area contributed by atoms with Crippen LogP contribution in [0.5, 0.6) is 0 Å². The molecule has 0 bridgehead atoms. The zero-order chi connectivity index (χ0) is 13.9. The molecule has 0 atom stereocenters. The number of carbonyl (C=O) groups excluding carboxylic acids is 1. The van der Waals surface area contributed by atoms with Crippen molar-refractivity contribution in [2.45, 2.75) is 45.2 Å². The summed E-state index contributed by atoms with van der Waals surface area (Å²) in [7, 11) is 0. The molecule has 0 aromatic heterocycles. The molecule has 1 aromatic rings. The fourth-order valence-corrected chi connectivity index (χ4v) is 2.26. The summed E-state index contributed by atoms with van der Waals surface area (Å²) in [5.41, 5.74) is 3.29. The minimum atomic E-state index is -0.0706. The third-order valence-electron chi connectivity index (χ3n) is 3.57. The van der Waals surface area contributed by atoms with E-state index in [1.807, 2.05) is 12.1 Å². The second kappa shape index (κ2) is 5.72. The molecular weight excluding hydrogens is 240 g/mol. The Balaban J connectivity index is 2.01. The lowest BCUT2D eigenvalue weighted by Crippen LogP contribution is -2.39. The van der Waals surface area contributed by atoms with E-state index >= 15 is 0 Å². The highest BCUT2D eigenvalue weighted by atomic mass is 16.3. The van der Waals surface area contributed by atoms with Crippen LogP contribution in [0.4, 0.5) is 5.69 Å². The van der Waals surface area contributed by atoms with E-state index in [4.69, 9.17) is 5.11 Å². The minimum absolute atomic E-state index is 0.0706. The van der Waals surface area contributed by atoms with E-state index in [1.165, 1.54) is 11.1 Å². The molecule has 3 N–H and O–H groups in total. The van der Waals surface area contributed by atoms with Crippen LogP contribution in [0.25, 0.3) is 0 Å². The molecule has 1 heterocycles. The quantitative estimate of drug-likeness (QED) is 0.758. The largest absolute Gasteiger partial charge is 0.396 e. The van der Waals surface area contributed by atoms with Gasteiger partial charge in [0.05, 0.1) is 0 Å². The lowest BCUT2D eigenvalue weighted by molar-refractivity contribution is -0.116. The SMILES string of the molecule is CC(C)(CCO)NCc1ccc2c(c1)CCC(=O)N2. The van der Waals surface area contributed by atoms with Gasteiger partial charge in [0.2, 0.25) is 5.91 Å². The van der Waals surface area contributed by atoms with Crippen LogP contribution in [0.1, 0.15) is 37.8 Å². The van der Waals surface area contributed by atoms with Crippen molar-refractivity contribution in [1.82, 2.24) is 5.32 Å². The summed E-state index contributed by atoms with van der Waals surface area (Å²) in [5, 5.41) is 15.3. The van der Waals surface area contributed by atoms with Crippen molar-refractivity contribution < 1.29 is 9.90 Å². The van der Waals surface area contributed by atoms with Gasteiger partial charge in [-0.1, -0.05) is 12.1 Å². The number of aryl methyl sites for hydroxylation is 1. The number of anilines is 1. The van der Waals surface area contributed by atoms with Crippen LogP contribution < -0.4 is 10.6 Å². The Labute approximate surface area is 114 Å². The van der Waals surface area contributed by atoms with Gasteiger partial charge in [-0.3, -0.25) is 4.79 Å². The highest BCUT2D eigenvalue weighted by molar-refractivity contribution is 5.93. The van der Waals surface area contributed by atoms with Gasteiger partial charge in [-0.2, -0.15) is 0 Å². The number of hydrogen-bond acceptors (Lipinski definition) is 3. The second-order valence-electron chi connectivity index (χ2n) is 5.75. The van der Waals surface area contributed by atoms with Crippen LogP contribution in [0.15, 0.2) is 18.2 Å². The molecule has 2 rings (SSSR count). The predicted molar refractivity (Wildman–Crippen MR) is 76.0 cm³/mol. The van der Waals surface area contributed by atoms with Gasteiger partial charge in [-0.25, -0.2) is 0 Å². The molecule has 0 spiro atoms. The Morgan fingerprint density at radius 3 is 2.89 bits per heavy atom. The number of aliphatic hydroxyl groups is 1. The Hall–Kier alpha value is -1.39. The fraction of sp³-hybridized carbons (Fsp3) is 0.533. The highest BCUT2D eigenvalue weighted by Crippen LogP contribution is 2.23. The second-order valence-corrected chi connectivity index (χ2v) is 5.75. The molecule has 1 amide bonds. The lowest BCUT2D eigenvalue weighted by atomic mass is 9.98. The number of aliphatic hydroxyl groups excluding tert-OH is 1. The van der Waals surface area contributed by atoms with Crippen molar-refractivity contribution in [2.75, 3.05) is 11.9 Å². The number of rotatable bonds is 5. The maximum absolute atomic E-state index is 11.3. The number of fused-ring (bicyclic) bond motifs is 1. The van der Waals surface area contributed by atoms with Gasteiger partial charge < -0.3 is 15.7 Å². The van der Waals surface area contributed by atoms with Crippen LogP contribution >= 0.6 is 0 Å². The first-order valence-electron chi connectivity index (χ1n) is 6.78. The summed E-state index contributed by atoms with van der Waals surface area (Å²) in [6.07, 6.45) is 2.11. The maximum atomic E-state index is 11.3. The highest BCUT2D eigenvalue weighted by Gasteiger charge is 2.17. The van der Waals surface area contributed by atoms with Crippen LogP contribution in [-0.2, 0) is 17.8 Å². The first-order chi connectivity index (χ1) is 9.00. The van der Waals surface area contributed by atoms with Gasteiger partial charge >= 0.3 is 0 Å². The van der Waals surface area contributed by atoms with Crippen molar-refractivity contribution in [1.29, 1.82) is 0 Å². The summed E-state index contributed by atoms with van der Waals surface area (Å²) in [6.45, 7) is 5.13. The van der Waals surface area contributed by atoms with Crippen molar-refractivity contribution in [3.8, 4) is 0 Å².